The van der Waals surface area contributed by atoms with Crippen molar-refractivity contribution in [2.75, 3.05) is 28.4 Å². The van der Waals surface area contributed by atoms with Crippen LogP contribution in [0.2, 0.25) is 15.1 Å². The highest BCUT2D eigenvalue weighted by Gasteiger charge is 2.27. The van der Waals surface area contributed by atoms with Crippen LogP contribution in [0.25, 0.3) is 5.76 Å². The molecular formula is C19H21Cl4NO9P2S. The van der Waals surface area contributed by atoms with Crippen molar-refractivity contribution in [3.63, 3.8) is 0 Å². The Hall–Kier alpha value is -0.940. The summed E-state index contributed by atoms with van der Waals surface area (Å²) in [5.74, 6) is 0.373. The number of rotatable bonds is 10. The molecule has 2 rings (SSSR count). The zero-order chi connectivity index (χ0) is 27.7. The second-order valence-electron chi connectivity index (χ2n) is 6.23. The number of benzene rings is 2. The van der Waals surface area contributed by atoms with Crippen molar-refractivity contribution in [1.29, 1.82) is 0 Å². The number of hydrogen-bond donors (Lipinski definition) is 0. The first kappa shape index (κ1) is 33.1. The van der Waals surface area contributed by atoms with Gasteiger partial charge in [0, 0.05) is 63.0 Å². The van der Waals surface area contributed by atoms with Crippen molar-refractivity contribution in [3.05, 3.63) is 72.2 Å². The van der Waals surface area contributed by atoms with Crippen LogP contribution in [-0.4, -0.2) is 33.4 Å². The minimum absolute atomic E-state index is 0.0164. The lowest BCUT2D eigenvalue weighted by atomic mass is 10.2. The largest absolute Gasteiger partial charge is 0.529 e. The molecule has 0 aromatic heterocycles. The number of phosphoric acid groups is 1. The molecule has 0 N–H and O–H groups in total. The zero-order valence-electron chi connectivity index (χ0n) is 19.4. The summed E-state index contributed by atoms with van der Waals surface area (Å²) < 4.78 is 41.6. The Morgan fingerprint density at radius 2 is 1.53 bits per heavy atom. The molecule has 0 saturated carbocycles. The summed E-state index contributed by atoms with van der Waals surface area (Å²) in [5.41, 5.74) is 1.86. The number of hydrogen-bond acceptors (Lipinski definition) is 10. The Morgan fingerprint density at radius 3 is 1.97 bits per heavy atom. The predicted molar refractivity (Wildman–Crippen MR) is 145 cm³/mol. The Morgan fingerprint density at radius 1 is 0.972 bits per heavy atom. The second-order valence-corrected chi connectivity index (χ2v) is 12.6. The third-order valence-electron chi connectivity index (χ3n) is 4.06. The van der Waals surface area contributed by atoms with Crippen molar-refractivity contribution in [1.82, 2.24) is 0 Å². The molecule has 10 nitrogen and oxygen atoms in total. The molecule has 0 radical (unpaired) electrons. The molecule has 0 heterocycles. The minimum atomic E-state index is -3.75. The van der Waals surface area contributed by atoms with Gasteiger partial charge in [0.25, 0.3) is 5.69 Å². The summed E-state index contributed by atoms with van der Waals surface area (Å²) in [6, 6.07) is 7.18. The molecule has 0 aliphatic carbocycles. The van der Waals surface area contributed by atoms with Gasteiger partial charge in [0.2, 0.25) is 0 Å². The first-order valence-corrected chi connectivity index (χ1v) is 14.9. The molecule has 36 heavy (non-hydrogen) atoms. The Bertz CT molecular complexity index is 1200. The van der Waals surface area contributed by atoms with Crippen molar-refractivity contribution in [3.8, 4) is 5.75 Å². The van der Waals surface area contributed by atoms with E-state index in [-0.39, 0.29) is 26.5 Å². The number of phosphoric ester groups is 1. The van der Waals surface area contributed by atoms with Crippen molar-refractivity contribution < 1.29 is 36.6 Å². The van der Waals surface area contributed by atoms with Crippen molar-refractivity contribution in [2.45, 2.75) is 6.92 Å². The predicted octanol–water partition coefficient (Wildman–Crippen LogP) is 8.40. The van der Waals surface area contributed by atoms with Gasteiger partial charge in [-0.05, 0) is 31.2 Å². The fourth-order valence-electron chi connectivity index (χ4n) is 2.28. The van der Waals surface area contributed by atoms with Gasteiger partial charge in [-0.2, -0.15) is 0 Å². The van der Waals surface area contributed by atoms with Crippen LogP contribution in [0.1, 0.15) is 11.1 Å². The van der Waals surface area contributed by atoms with Gasteiger partial charge in [0.15, 0.2) is 5.76 Å². The van der Waals surface area contributed by atoms with Crippen LogP contribution >= 0.6 is 60.9 Å². The first-order valence-electron chi connectivity index (χ1n) is 9.31. The molecule has 0 atom stereocenters. The SMILES string of the molecule is COP(=O)(OC)O/C(=C\Cl)c1cc(Cl)c(Cl)cc1Cl.COP(=S)(OC)Oc1ccc([N+](=O)[O-])c(C)c1. The first-order chi connectivity index (χ1) is 16.8. The molecule has 0 unspecified atom stereocenters. The molecule has 0 bridgehead atoms. The number of nitrogens with zero attached hydrogens (tertiary/aromatic N) is 1. The van der Waals surface area contributed by atoms with Crippen molar-refractivity contribution in [2.24, 2.45) is 0 Å². The maximum Gasteiger partial charge on any atom is 0.529 e. The van der Waals surface area contributed by atoms with Gasteiger partial charge < -0.3 is 18.1 Å². The summed E-state index contributed by atoms with van der Waals surface area (Å²) >= 11 is 28.3. The van der Waals surface area contributed by atoms with Crippen molar-refractivity contribution >= 4 is 84.2 Å². The van der Waals surface area contributed by atoms with E-state index in [0.717, 1.165) is 5.54 Å². The quantitative estimate of drug-likeness (QED) is 0.0822. The van der Waals surface area contributed by atoms with Crippen LogP contribution < -0.4 is 4.52 Å². The maximum absolute atomic E-state index is 11.9. The second kappa shape index (κ2) is 14.9. The summed E-state index contributed by atoms with van der Waals surface area (Å²) in [6.45, 7) is -1.18. The smallest absolute Gasteiger partial charge is 0.424 e. The maximum atomic E-state index is 11.9. The van der Waals surface area contributed by atoms with Crippen LogP contribution in [0.3, 0.4) is 0 Å². The van der Waals surface area contributed by atoms with Gasteiger partial charge in [0.05, 0.1) is 20.0 Å². The molecule has 0 saturated heterocycles. The number of halogens is 4. The average Bonchev–Trinajstić information content (AvgIpc) is 2.85. The third kappa shape index (κ3) is 9.42. The van der Waals surface area contributed by atoms with E-state index < -0.39 is 19.5 Å². The standard InChI is InChI=1S/C10H9Cl4O4P.C9H12NO5PS/c1-16-19(15,17-2)18-10(5-11)6-3-8(13)9(14)4-7(6)12;1-7-6-8(4-5-9(7)10(11)12)15-16(17,13-2)14-3/h3-5H,1-2H3;4-6H,1-3H3/b10-5-;. The van der Waals surface area contributed by atoms with Gasteiger partial charge in [-0.25, -0.2) is 4.57 Å². The van der Waals surface area contributed by atoms with Crippen LogP contribution in [0.5, 0.6) is 5.75 Å². The lowest BCUT2D eigenvalue weighted by Crippen LogP contribution is -1.98. The summed E-state index contributed by atoms with van der Waals surface area (Å²) in [6.07, 6.45) is 0. The fourth-order valence-corrected chi connectivity index (χ4v) is 4.76. The van der Waals surface area contributed by atoms with Crippen LogP contribution in [0.4, 0.5) is 5.69 Å². The molecule has 0 aliphatic rings. The molecular weight excluding hydrogens is 622 g/mol. The molecule has 0 amide bonds. The van der Waals surface area contributed by atoms with E-state index in [1.54, 1.807) is 6.92 Å². The number of aryl methyl sites for hydroxylation is 1. The highest BCUT2D eigenvalue weighted by atomic mass is 35.5. The van der Waals surface area contributed by atoms with Gasteiger partial charge in [0.1, 0.15) is 5.75 Å². The van der Waals surface area contributed by atoms with Gasteiger partial charge in [-0.3, -0.25) is 19.2 Å². The van der Waals surface area contributed by atoms with E-state index in [2.05, 4.69) is 9.05 Å². The van der Waals surface area contributed by atoms with Gasteiger partial charge in [-0.1, -0.05) is 46.4 Å². The van der Waals surface area contributed by atoms with Gasteiger partial charge >= 0.3 is 14.5 Å². The fraction of sp³-hybridized carbons (Fsp3) is 0.263. The van der Waals surface area contributed by atoms with Gasteiger partial charge in [-0.15, -0.1) is 0 Å². The Kier molecular flexibility index (Phi) is 13.7. The summed E-state index contributed by atoms with van der Waals surface area (Å²) in [4.78, 5) is 10.2. The third-order valence-corrected chi connectivity index (χ3v) is 9.06. The number of nitro benzene ring substituents is 1. The highest BCUT2D eigenvalue weighted by molar-refractivity contribution is 8.07. The zero-order valence-corrected chi connectivity index (χ0v) is 25.0. The molecule has 2 aromatic carbocycles. The summed E-state index contributed by atoms with van der Waals surface area (Å²) in [7, 11) is 1.38. The van der Waals surface area contributed by atoms with Crippen LogP contribution in [-0.2, 0) is 39.0 Å². The molecule has 0 aliphatic heterocycles. The lowest BCUT2D eigenvalue weighted by molar-refractivity contribution is -0.385. The average molecular weight is 643 g/mol. The lowest BCUT2D eigenvalue weighted by Gasteiger charge is -2.18. The minimum Gasteiger partial charge on any atom is -0.424 e. The van der Waals surface area contributed by atoms with Crippen LogP contribution in [0.15, 0.2) is 35.9 Å². The van der Waals surface area contributed by atoms with E-state index in [1.165, 1.54) is 58.8 Å². The molecule has 200 valence electrons. The van der Waals surface area contributed by atoms with E-state index in [9.17, 15) is 14.7 Å². The topological polar surface area (TPSA) is 116 Å². The monoisotopic (exact) mass is 641 g/mol. The Balaban J connectivity index is 0.000000362. The molecule has 17 heteroatoms. The number of nitro groups is 1. The normalized spacial score (nSPS) is 12.0. The molecule has 2 aromatic rings. The van der Waals surface area contributed by atoms with E-state index in [4.69, 9.17) is 76.3 Å². The van der Waals surface area contributed by atoms with E-state index >= 15 is 0 Å². The molecule has 0 spiro atoms. The molecule has 0 fully saturated rings. The summed E-state index contributed by atoms with van der Waals surface area (Å²) in [5, 5.41) is 11.4. The Labute approximate surface area is 233 Å². The van der Waals surface area contributed by atoms with E-state index in [1.807, 2.05) is 0 Å². The van der Waals surface area contributed by atoms with Crippen LogP contribution in [0, 0.1) is 17.0 Å². The highest BCUT2D eigenvalue weighted by Crippen LogP contribution is 2.52. The van der Waals surface area contributed by atoms with E-state index in [0.29, 0.717) is 16.9 Å².